The Labute approximate surface area is 338 Å². The quantitative estimate of drug-likeness (QED) is 0.0205. The Bertz CT molecular complexity index is 1140. The van der Waals surface area contributed by atoms with Crippen LogP contribution < -0.4 is 0 Å². The predicted octanol–water partition coefficient (Wildman–Crippen LogP) is 8.45. The van der Waals surface area contributed by atoms with Gasteiger partial charge in [-0.2, -0.15) is 8.42 Å². The summed E-state index contributed by atoms with van der Waals surface area (Å²) in [6, 6.07) is 0. The second-order valence-corrected chi connectivity index (χ2v) is 16.9. The highest BCUT2D eigenvalue weighted by molar-refractivity contribution is 7.85. The largest absolute Gasteiger partial charge is 0.462 e. The van der Waals surface area contributed by atoms with Gasteiger partial charge in [-0.25, -0.2) is 0 Å². The topological polar surface area (TPSA) is 186 Å². The Hall–Kier alpha value is -1.87. The highest BCUT2D eigenvalue weighted by atomic mass is 32.2. The zero-order chi connectivity index (χ0) is 41.3. The molecule has 1 aliphatic heterocycles. The lowest BCUT2D eigenvalue weighted by Gasteiger charge is -2.40. The summed E-state index contributed by atoms with van der Waals surface area (Å²) in [5, 5.41) is 30.8. The Morgan fingerprint density at radius 2 is 1.07 bits per heavy atom. The molecule has 0 amide bonds. The molecule has 1 aliphatic rings. The minimum absolute atomic E-state index is 0.158. The second-order valence-electron chi connectivity index (χ2n) is 15.4. The molecule has 0 radical (unpaired) electrons. The van der Waals surface area contributed by atoms with Crippen LogP contribution >= 0.6 is 0 Å². The normalized spacial score (nSPS) is 20.9. The van der Waals surface area contributed by atoms with E-state index in [0.29, 0.717) is 12.8 Å². The van der Waals surface area contributed by atoms with Gasteiger partial charge in [-0.1, -0.05) is 147 Å². The average molecular weight is 819 g/mol. The fourth-order valence-electron chi connectivity index (χ4n) is 6.59. The van der Waals surface area contributed by atoms with E-state index < -0.39 is 71.2 Å². The molecule has 1 saturated heterocycles. The molecule has 0 aromatic carbocycles. The van der Waals surface area contributed by atoms with E-state index in [1.54, 1.807) is 0 Å². The van der Waals surface area contributed by atoms with Gasteiger partial charge in [-0.05, 0) is 44.9 Å². The molecular weight excluding hydrogens is 741 g/mol. The SMILES string of the molecule is CCCCC/C=C\C/C=C\CCCCCCCCCC(=O)OC(COC(=O)CCCCCCCCCCCCC)COC1OC(CS(=O)(=O)O)C(O)C(O)C1O. The van der Waals surface area contributed by atoms with Crippen LogP contribution in [0.15, 0.2) is 24.3 Å². The van der Waals surface area contributed by atoms with Crippen LogP contribution in [0.3, 0.4) is 0 Å². The lowest BCUT2D eigenvalue weighted by Crippen LogP contribution is -2.60. The van der Waals surface area contributed by atoms with Crippen molar-refractivity contribution in [3.05, 3.63) is 24.3 Å². The van der Waals surface area contributed by atoms with E-state index in [4.69, 9.17) is 18.9 Å². The lowest BCUT2D eigenvalue weighted by atomic mass is 10.00. The molecule has 328 valence electrons. The van der Waals surface area contributed by atoms with Gasteiger partial charge in [0.1, 0.15) is 36.8 Å². The molecule has 6 unspecified atom stereocenters. The number of carbonyl (C=O) groups is 2. The van der Waals surface area contributed by atoms with Gasteiger partial charge in [0, 0.05) is 12.8 Å². The molecular formula is C43H78O12S. The molecule has 1 heterocycles. The zero-order valence-corrected chi connectivity index (χ0v) is 35.6. The molecule has 12 nitrogen and oxygen atoms in total. The van der Waals surface area contributed by atoms with Crippen molar-refractivity contribution >= 4 is 22.1 Å². The van der Waals surface area contributed by atoms with E-state index in [2.05, 4.69) is 38.2 Å². The molecule has 13 heteroatoms. The zero-order valence-electron chi connectivity index (χ0n) is 34.7. The number of aliphatic hydroxyl groups is 3. The summed E-state index contributed by atoms with van der Waals surface area (Å²) < 4.78 is 54.0. The number of hydrogen-bond acceptors (Lipinski definition) is 11. The Kier molecular flexibility index (Phi) is 31.7. The van der Waals surface area contributed by atoms with Crippen LogP contribution in [0.2, 0.25) is 0 Å². The maximum absolute atomic E-state index is 12.8. The van der Waals surface area contributed by atoms with Crippen LogP contribution in [-0.4, -0.2) is 96.0 Å². The van der Waals surface area contributed by atoms with Gasteiger partial charge in [-0.15, -0.1) is 0 Å². The fourth-order valence-corrected chi connectivity index (χ4v) is 7.28. The number of allylic oxidation sites excluding steroid dienone is 4. The molecule has 0 aromatic rings. The first-order valence-corrected chi connectivity index (χ1v) is 23.5. The Balaban J connectivity index is 2.46. The monoisotopic (exact) mass is 819 g/mol. The van der Waals surface area contributed by atoms with E-state index in [1.807, 2.05) is 0 Å². The highest BCUT2D eigenvalue weighted by Gasteiger charge is 2.46. The number of aliphatic hydroxyl groups excluding tert-OH is 3. The predicted molar refractivity (Wildman–Crippen MR) is 220 cm³/mol. The average Bonchev–Trinajstić information content (AvgIpc) is 3.16. The number of hydrogen-bond donors (Lipinski definition) is 4. The van der Waals surface area contributed by atoms with Crippen LogP contribution in [0.25, 0.3) is 0 Å². The van der Waals surface area contributed by atoms with Crippen molar-refractivity contribution in [2.24, 2.45) is 0 Å². The summed E-state index contributed by atoms with van der Waals surface area (Å²) in [6.07, 6.45) is 26.5. The Morgan fingerprint density at radius 1 is 0.607 bits per heavy atom. The van der Waals surface area contributed by atoms with Gasteiger partial charge >= 0.3 is 11.9 Å². The standard InChI is InChI=1S/C43H78O12S/c1-3-5-7-9-11-13-15-16-17-18-19-20-22-24-26-28-30-32-39(45)54-36(33-52-38(44)31-29-27-25-23-21-14-12-10-8-6-4-2)34-53-43-42(48)41(47)40(46)37(55-43)35-56(49,50)51/h11,13,16-17,36-37,40-43,46-48H,3-10,12,14-15,18-35H2,1-2H3,(H,49,50,51)/b13-11-,17-16-. The summed E-state index contributed by atoms with van der Waals surface area (Å²) in [7, 11) is -4.60. The van der Waals surface area contributed by atoms with E-state index >= 15 is 0 Å². The molecule has 0 bridgehead atoms. The molecule has 0 aromatic heterocycles. The molecule has 0 saturated carbocycles. The van der Waals surface area contributed by atoms with E-state index in [9.17, 15) is 37.9 Å². The van der Waals surface area contributed by atoms with Crippen LogP contribution in [0.4, 0.5) is 0 Å². The van der Waals surface area contributed by atoms with Crippen molar-refractivity contribution in [1.82, 2.24) is 0 Å². The molecule has 0 spiro atoms. The second kappa shape index (κ2) is 34.0. The summed E-state index contributed by atoms with van der Waals surface area (Å²) >= 11 is 0. The minimum atomic E-state index is -4.60. The Morgan fingerprint density at radius 3 is 1.61 bits per heavy atom. The van der Waals surface area contributed by atoms with Crippen molar-refractivity contribution in [1.29, 1.82) is 0 Å². The fraction of sp³-hybridized carbons (Fsp3) is 0.860. The van der Waals surface area contributed by atoms with Crippen LogP contribution in [0, 0.1) is 0 Å². The maximum Gasteiger partial charge on any atom is 0.306 e. The van der Waals surface area contributed by atoms with Crippen molar-refractivity contribution in [2.45, 2.75) is 218 Å². The van der Waals surface area contributed by atoms with Gasteiger partial charge in [0.2, 0.25) is 0 Å². The number of esters is 2. The maximum atomic E-state index is 12.8. The van der Waals surface area contributed by atoms with Crippen LogP contribution in [0.1, 0.15) is 181 Å². The van der Waals surface area contributed by atoms with E-state index in [-0.39, 0.29) is 19.4 Å². The summed E-state index contributed by atoms with van der Waals surface area (Å²) in [6.45, 7) is 3.71. The number of unbranched alkanes of at least 4 members (excludes halogenated alkanes) is 20. The number of carbonyl (C=O) groups excluding carboxylic acids is 2. The van der Waals surface area contributed by atoms with Crippen molar-refractivity contribution in [2.75, 3.05) is 19.0 Å². The van der Waals surface area contributed by atoms with Crippen molar-refractivity contribution < 1.29 is 56.8 Å². The lowest BCUT2D eigenvalue weighted by molar-refractivity contribution is -0.297. The van der Waals surface area contributed by atoms with E-state index in [0.717, 1.165) is 57.8 Å². The van der Waals surface area contributed by atoms with Gasteiger partial charge in [0.05, 0.1) is 6.61 Å². The van der Waals surface area contributed by atoms with Crippen molar-refractivity contribution in [3.63, 3.8) is 0 Å². The van der Waals surface area contributed by atoms with Crippen LogP contribution in [0.5, 0.6) is 0 Å². The first-order valence-electron chi connectivity index (χ1n) is 21.9. The van der Waals surface area contributed by atoms with Gasteiger partial charge in [-0.3, -0.25) is 14.1 Å². The van der Waals surface area contributed by atoms with Crippen molar-refractivity contribution in [3.8, 4) is 0 Å². The van der Waals surface area contributed by atoms with Gasteiger partial charge in [0.15, 0.2) is 12.4 Å². The molecule has 56 heavy (non-hydrogen) atoms. The molecule has 0 aliphatic carbocycles. The number of rotatable bonds is 36. The highest BCUT2D eigenvalue weighted by Crippen LogP contribution is 2.24. The first kappa shape index (κ1) is 52.1. The molecule has 1 fully saturated rings. The number of ether oxygens (including phenoxy) is 4. The van der Waals surface area contributed by atoms with Gasteiger partial charge < -0.3 is 34.3 Å². The smallest absolute Gasteiger partial charge is 0.306 e. The van der Waals surface area contributed by atoms with Gasteiger partial charge in [0.25, 0.3) is 10.1 Å². The van der Waals surface area contributed by atoms with E-state index in [1.165, 1.54) is 83.5 Å². The molecule has 6 atom stereocenters. The first-order chi connectivity index (χ1) is 27.0. The summed E-state index contributed by atoms with van der Waals surface area (Å²) in [5.41, 5.74) is 0. The van der Waals surface area contributed by atoms with Crippen LogP contribution in [-0.2, 0) is 38.7 Å². The third-order valence-electron chi connectivity index (χ3n) is 10.0. The molecule has 1 rings (SSSR count). The molecule has 4 N–H and O–H groups in total. The third kappa shape index (κ3) is 28.5. The minimum Gasteiger partial charge on any atom is -0.462 e. The third-order valence-corrected chi connectivity index (χ3v) is 10.8. The summed E-state index contributed by atoms with van der Waals surface area (Å²) in [5.74, 6) is -1.99. The summed E-state index contributed by atoms with van der Waals surface area (Å²) in [4.78, 5) is 25.3.